The molecule has 0 aromatic heterocycles. The van der Waals surface area contributed by atoms with Crippen LogP contribution in [0.25, 0.3) is 0 Å². The molecule has 0 N–H and O–H groups in total. The number of nitro groups is 3. The third-order valence-electron chi connectivity index (χ3n) is 9.31. The van der Waals surface area contributed by atoms with E-state index in [4.69, 9.17) is 0 Å². The zero-order chi connectivity index (χ0) is 34.0. The second-order valence-electron chi connectivity index (χ2n) is 13.5. The number of hydrogen-bond acceptors (Lipinski definition) is 6. The standard InChI is InChI=1S/C34H73P.CHN3O6/c1-5-9-13-17-18-19-20-21-22-23-24-25-26-30-34-35(31-27-14-10-6-2,32-28-15-11-7-3)33-29-16-12-8-4;5-2(6)1(3(7)8)4(9)10/h35H,5-34H2,1-4H3;1H. The third kappa shape index (κ3) is 29.8. The van der Waals surface area contributed by atoms with E-state index in [2.05, 4.69) is 27.7 Å². The van der Waals surface area contributed by atoms with E-state index in [9.17, 15) is 30.3 Å². The van der Waals surface area contributed by atoms with Gasteiger partial charge in [0.2, 0.25) is 0 Å². The summed E-state index contributed by atoms with van der Waals surface area (Å²) in [5.41, 5.74) is 0. The molecule has 0 saturated heterocycles. The Morgan fingerprint density at radius 3 is 0.711 bits per heavy atom. The number of nitrogens with zero attached hydrogens (tertiary/aromatic N) is 3. The molecule has 0 unspecified atom stereocenters. The van der Waals surface area contributed by atoms with Crippen molar-refractivity contribution in [1.29, 1.82) is 0 Å². The molecule has 9 nitrogen and oxygen atoms in total. The summed E-state index contributed by atoms with van der Waals surface area (Å²) in [6, 6.07) is 0. The summed E-state index contributed by atoms with van der Waals surface area (Å²) in [4.78, 5) is 23.8. The van der Waals surface area contributed by atoms with Crippen molar-refractivity contribution in [2.75, 3.05) is 24.6 Å². The van der Waals surface area contributed by atoms with Crippen LogP contribution in [0, 0.1) is 30.3 Å². The van der Waals surface area contributed by atoms with Crippen molar-refractivity contribution in [3.63, 3.8) is 0 Å². The summed E-state index contributed by atoms with van der Waals surface area (Å²) < 4.78 is 0. The Morgan fingerprint density at radius 1 is 0.356 bits per heavy atom. The first-order valence-electron chi connectivity index (χ1n) is 19.1. The van der Waals surface area contributed by atoms with Crippen LogP contribution < -0.4 is 0 Å². The molecule has 45 heavy (non-hydrogen) atoms. The molecule has 0 aromatic carbocycles. The Hall–Kier alpha value is -1.37. The topological polar surface area (TPSA) is 129 Å². The summed E-state index contributed by atoms with van der Waals surface area (Å²) in [5, 5.41) is 28.5. The van der Waals surface area contributed by atoms with E-state index in [1.807, 2.05) is 0 Å². The maximum Gasteiger partial charge on any atom is 0.693 e. The van der Waals surface area contributed by atoms with E-state index in [0.29, 0.717) is 0 Å². The van der Waals surface area contributed by atoms with Gasteiger partial charge in [-0.05, 0) is 0 Å². The third-order valence-corrected chi connectivity index (χ3v) is 15.0. The Morgan fingerprint density at radius 2 is 0.533 bits per heavy atom. The summed E-state index contributed by atoms with van der Waals surface area (Å²) in [6.07, 6.45) is 42.4. The van der Waals surface area contributed by atoms with Gasteiger partial charge in [0, 0.05) is 0 Å². The van der Waals surface area contributed by atoms with Crippen molar-refractivity contribution in [2.24, 2.45) is 0 Å². The average Bonchev–Trinajstić information content (AvgIpc) is 2.99. The molecule has 0 heterocycles. The molecule has 0 saturated carbocycles. The van der Waals surface area contributed by atoms with Crippen LogP contribution in [0.5, 0.6) is 0 Å². The van der Waals surface area contributed by atoms with E-state index in [1.165, 1.54) is 141 Å². The van der Waals surface area contributed by atoms with Gasteiger partial charge in [0.25, 0.3) is 0 Å². The van der Waals surface area contributed by atoms with Gasteiger partial charge in [-0.3, -0.25) is 30.3 Å². The van der Waals surface area contributed by atoms with Gasteiger partial charge in [0.15, 0.2) is 14.8 Å². The van der Waals surface area contributed by atoms with Crippen molar-refractivity contribution in [3.8, 4) is 0 Å². The van der Waals surface area contributed by atoms with Crippen molar-refractivity contribution < 1.29 is 14.8 Å². The van der Waals surface area contributed by atoms with Crippen molar-refractivity contribution in [3.05, 3.63) is 30.3 Å². The quantitative estimate of drug-likeness (QED) is 0.0226. The maximum atomic E-state index is 9.50. The molecule has 0 radical (unpaired) electrons. The molecule has 0 aliphatic carbocycles. The summed E-state index contributed by atoms with van der Waals surface area (Å²) in [7, 11) is -1.05. The van der Waals surface area contributed by atoms with E-state index in [0.717, 1.165) is 0 Å². The van der Waals surface area contributed by atoms with Crippen molar-refractivity contribution in [1.82, 2.24) is 0 Å². The number of hydrogen-bond donors (Lipinski definition) is 0. The van der Waals surface area contributed by atoms with Gasteiger partial charge >= 0.3 is 207 Å². The van der Waals surface area contributed by atoms with Crippen molar-refractivity contribution in [2.45, 2.75) is 201 Å². The molecule has 0 atom stereocenters. The molecule has 0 rings (SSSR count). The van der Waals surface area contributed by atoms with Gasteiger partial charge in [-0.25, -0.2) is 0 Å². The predicted octanol–water partition coefficient (Wildman–Crippen LogP) is 12.1. The van der Waals surface area contributed by atoms with Gasteiger partial charge < -0.3 is 0 Å². The maximum absolute atomic E-state index is 9.50. The molecule has 0 amide bonds. The fraction of sp³-hybridized carbons (Fsp3) is 1.00. The smallest absolute Gasteiger partial charge is 0.253 e. The van der Waals surface area contributed by atoms with Gasteiger partial charge in [0.1, 0.15) is 0 Å². The van der Waals surface area contributed by atoms with Gasteiger partial charge in [-0.1, -0.05) is 26.2 Å². The Labute approximate surface area is 277 Å². The molecule has 0 fully saturated rings. The first kappa shape index (κ1) is 45.8. The minimum Gasteiger partial charge on any atom is -0.253 e. The van der Waals surface area contributed by atoms with Crippen LogP contribution in [0.1, 0.15) is 195 Å². The zero-order valence-corrected chi connectivity index (χ0v) is 31.1. The first-order chi connectivity index (χ1) is 21.7. The molecular formula is C35H74N3O6P. The molecule has 0 spiro atoms. The molecule has 0 bridgehead atoms. The second-order valence-corrected chi connectivity index (χ2v) is 18.5. The largest absolute Gasteiger partial charge is 0.693 e. The van der Waals surface area contributed by atoms with Gasteiger partial charge in [-0.15, -0.1) is 0 Å². The van der Waals surface area contributed by atoms with Crippen LogP contribution in [0.3, 0.4) is 0 Å². The van der Waals surface area contributed by atoms with Crippen LogP contribution in [-0.2, 0) is 0 Å². The van der Waals surface area contributed by atoms with Crippen LogP contribution >= 0.6 is 7.26 Å². The van der Waals surface area contributed by atoms with E-state index < -0.39 is 28.3 Å². The van der Waals surface area contributed by atoms with Crippen LogP contribution in [0.4, 0.5) is 0 Å². The monoisotopic (exact) mass is 664 g/mol. The minimum absolute atomic E-state index is 1.05. The van der Waals surface area contributed by atoms with Crippen LogP contribution in [0.2, 0.25) is 0 Å². The van der Waals surface area contributed by atoms with Gasteiger partial charge in [0.05, 0.1) is 0 Å². The Balaban J connectivity index is 0. The Bertz CT molecular complexity index is 634. The summed E-state index contributed by atoms with van der Waals surface area (Å²) in [6.45, 7) is 9.43. The Kier molecular flexibility index (Phi) is 34.5. The molecular weight excluding hydrogens is 589 g/mol. The van der Waals surface area contributed by atoms with Crippen molar-refractivity contribution >= 4 is 7.26 Å². The first-order valence-corrected chi connectivity index (χ1v) is 21.9. The second kappa shape index (κ2) is 34.0. The molecule has 0 aromatic rings. The fourth-order valence-electron chi connectivity index (χ4n) is 6.46. The zero-order valence-electron chi connectivity index (χ0n) is 30.1. The van der Waals surface area contributed by atoms with E-state index in [1.54, 1.807) is 50.3 Å². The van der Waals surface area contributed by atoms with Crippen LogP contribution in [-0.4, -0.2) is 45.7 Å². The minimum atomic E-state index is -2.94. The predicted molar refractivity (Wildman–Crippen MR) is 195 cm³/mol. The molecule has 0 aliphatic heterocycles. The van der Waals surface area contributed by atoms with E-state index in [-0.39, 0.29) is 0 Å². The van der Waals surface area contributed by atoms with Gasteiger partial charge in [-0.2, -0.15) is 0 Å². The van der Waals surface area contributed by atoms with E-state index >= 15 is 0 Å². The normalized spacial score (nSPS) is 11.8. The number of unbranched alkanes of at least 4 members (excludes halogenated alkanes) is 22. The average molecular weight is 664 g/mol. The number of rotatable bonds is 33. The molecule has 0 aliphatic rings. The SMILES string of the molecule is CCCCCCCCCCCCCCCC[PH](CCCCCC)(CCCCCC)CCCCCC.O=[N+]([O-])C([N+](=O)[O-])[N+](=O)[O-]. The van der Waals surface area contributed by atoms with Crippen LogP contribution in [0.15, 0.2) is 0 Å². The summed E-state index contributed by atoms with van der Waals surface area (Å²) in [5.74, 6) is 0. The fourth-order valence-corrected chi connectivity index (χ4v) is 12.0. The molecule has 270 valence electrons. The molecule has 10 heteroatoms. The summed E-state index contributed by atoms with van der Waals surface area (Å²) >= 11 is 0.